The Morgan fingerprint density at radius 1 is 1.17 bits per heavy atom. The predicted octanol–water partition coefficient (Wildman–Crippen LogP) is 5.17. The molecule has 0 unspecified atom stereocenters. The molecule has 2 aliphatic heterocycles. The zero-order valence-electron chi connectivity index (χ0n) is 19.2. The third-order valence-corrected chi connectivity index (χ3v) is 6.43. The van der Waals surface area contributed by atoms with Gasteiger partial charge in [-0.25, -0.2) is 0 Å². The fourth-order valence-electron chi connectivity index (χ4n) is 3.65. The first-order valence-corrected chi connectivity index (χ1v) is 11.6. The maximum Gasteiger partial charge on any atom is 0.283 e. The van der Waals surface area contributed by atoms with E-state index in [1.165, 1.54) is 35.0 Å². The minimum Gasteiger partial charge on any atom is -0.486 e. The predicted molar refractivity (Wildman–Crippen MR) is 137 cm³/mol. The van der Waals surface area contributed by atoms with Crippen molar-refractivity contribution in [2.75, 3.05) is 6.61 Å². The van der Waals surface area contributed by atoms with Gasteiger partial charge in [0.2, 0.25) is 5.17 Å². The molecule has 0 fully saturated rings. The number of carbonyl (C=O) groups is 1. The number of para-hydroxylation sites is 1. The number of benzene rings is 2. The Balaban J connectivity index is 1.36. The number of hydrogen-bond donors (Lipinski definition) is 1. The number of hydrazone groups is 1. The molecule has 3 aromatic rings. The molecule has 1 N–H and O–H groups in total. The van der Waals surface area contributed by atoms with Gasteiger partial charge in [-0.3, -0.25) is 20.3 Å². The number of nitrogens with one attached hydrogen (secondary N) is 1. The Labute approximate surface area is 209 Å². The summed E-state index contributed by atoms with van der Waals surface area (Å²) in [6, 6.07) is 15.4. The molecule has 0 aliphatic carbocycles. The van der Waals surface area contributed by atoms with Crippen molar-refractivity contribution in [3.05, 3.63) is 87.2 Å². The summed E-state index contributed by atoms with van der Waals surface area (Å²) >= 11 is 1.18. The van der Waals surface area contributed by atoms with E-state index in [0.29, 0.717) is 22.1 Å². The van der Waals surface area contributed by atoms with E-state index in [2.05, 4.69) is 10.1 Å². The third kappa shape index (κ3) is 4.43. The van der Waals surface area contributed by atoms with Gasteiger partial charge in [0.15, 0.2) is 5.84 Å². The van der Waals surface area contributed by atoms with Gasteiger partial charge in [-0.2, -0.15) is 15.1 Å². The Morgan fingerprint density at radius 2 is 1.97 bits per heavy atom. The smallest absolute Gasteiger partial charge is 0.283 e. The fourth-order valence-corrected chi connectivity index (χ4v) is 4.45. The average Bonchev–Trinajstić information content (AvgIpc) is 3.48. The minimum atomic E-state index is -0.584. The van der Waals surface area contributed by atoms with Gasteiger partial charge in [0.1, 0.15) is 28.9 Å². The molecule has 180 valence electrons. The van der Waals surface area contributed by atoms with Gasteiger partial charge in [-0.05, 0) is 61.0 Å². The molecular formula is C25H19N5O5S. The van der Waals surface area contributed by atoms with E-state index >= 15 is 0 Å². The van der Waals surface area contributed by atoms with Crippen LogP contribution in [0.4, 0.5) is 5.69 Å². The molecule has 36 heavy (non-hydrogen) atoms. The lowest BCUT2D eigenvalue weighted by Crippen LogP contribution is -2.35. The molecule has 2 aromatic carbocycles. The normalized spacial score (nSPS) is 16.2. The van der Waals surface area contributed by atoms with E-state index in [1.807, 2.05) is 38.1 Å². The summed E-state index contributed by atoms with van der Waals surface area (Å²) in [5.74, 6) is 0.730. The van der Waals surface area contributed by atoms with Crippen LogP contribution in [0.1, 0.15) is 16.9 Å². The molecule has 0 radical (unpaired) electrons. The first-order chi connectivity index (χ1) is 17.3. The molecule has 5 rings (SSSR count). The van der Waals surface area contributed by atoms with Crippen molar-refractivity contribution in [2.24, 2.45) is 10.1 Å². The van der Waals surface area contributed by atoms with Crippen LogP contribution in [-0.4, -0.2) is 38.5 Å². The number of ether oxygens (including phenoxy) is 1. The highest BCUT2D eigenvalue weighted by Crippen LogP contribution is 2.32. The number of thioether (sulfide) groups is 1. The van der Waals surface area contributed by atoms with Crippen molar-refractivity contribution < 1.29 is 18.9 Å². The minimum absolute atomic E-state index is 0.0147. The topological polar surface area (TPSA) is 134 Å². The first-order valence-electron chi connectivity index (χ1n) is 10.8. The highest BCUT2D eigenvalue weighted by atomic mass is 32.2. The van der Waals surface area contributed by atoms with Gasteiger partial charge in [-0.1, -0.05) is 24.3 Å². The molecule has 0 atom stereocenters. The summed E-state index contributed by atoms with van der Waals surface area (Å²) in [7, 11) is 0. The van der Waals surface area contributed by atoms with Crippen LogP contribution in [0.5, 0.6) is 5.75 Å². The Bertz CT molecular complexity index is 1520. The molecule has 2 aliphatic rings. The largest absolute Gasteiger partial charge is 0.486 e. The SMILES string of the molecule is Cc1ccccc1OCC1=NN2C(=N)/C(=C/c3ccc(-c4cc([N+](=O)[O-])ccc4C)o3)C(=O)N=C2S1. The summed E-state index contributed by atoms with van der Waals surface area (Å²) in [6.45, 7) is 3.94. The van der Waals surface area contributed by atoms with E-state index in [4.69, 9.17) is 14.6 Å². The van der Waals surface area contributed by atoms with E-state index in [9.17, 15) is 14.9 Å². The Morgan fingerprint density at radius 3 is 2.75 bits per heavy atom. The number of aliphatic imine (C=N–C) groups is 1. The molecule has 1 amide bonds. The Kier molecular flexibility index (Phi) is 5.98. The van der Waals surface area contributed by atoms with Crippen molar-refractivity contribution in [3.8, 4) is 17.1 Å². The molecule has 0 saturated heterocycles. The number of non-ortho nitro benzene ring substituents is 1. The maximum absolute atomic E-state index is 12.7. The van der Waals surface area contributed by atoms with E-state index in [0.717, 1.165) is 16.9 Å². The van der Waals surface area contributed by atoms with E-state index < -0.39 is 10.8 Å². The third-order valence-electron chi connectivity index (χ3n) is 5.55. The standard InChI is InChI=1S/C25H19N5O5S/c1-14-7-8-16(30(32)33)11-18(14)21-10-9-17(35-21)12-19-23(26)29-25(27-24(19)31)36-22(28-29)13-34-20-6-4-3-5-15(20)2/h3-12,26H,13H2,1-2H3/b19-12-,26-23?. The van der Waals surface area contributed by atoms with Crippen molar-refractivity contribution >= 4 is 45.5 Å². The average molecular weight is 502 g/mol. The van der Waals surface area contributed by atoms with Crippen molar-refractivity contribution in [1.29, 1.82) is 5.41 Å². The number of amides is 1. The lowest BCUT2D eigenvalue weighted by atomic mass is 10.1. The van der Waals surface area contributed by atoms with Crippen LogP contribution in [0, 0.1) is 29.4 Å². The fraction of sp³-hybridized carbons (Fsp3) is 0.120. The van der Waals surface area contributed by atoms with Crippen LogP contribution in [0.3, 0.4) is 0 Å². The quantitative estimate of drug-likeness (QED) is 0.280. The van der Waals surface area contributed by atoms with Gasteiger partial charge < -0.3 is 9.15 Å². The summed E-state index contributed by atoms with van der Waals surface area (Å²) in [4.78, 5) is 27.4. The molecule has 3 heterocycles. The van der Waals surface area contributed by atoms with Gasteiger partial charge in [0, 0.05) is 17.7 Å². The molecule has 0 spiro atoms. The second-order valence-corrected chi connectivity index (χ2v) is 9.07. The van der Waals surface area contributed by atoms with Crippen LogP contribution >= 0.6 is 11.8 Å². The monoisotopic (exact) mass is 501 g/mol. The molecule has 10 nitrogen and oxygen atoms in total. The summed E-state index contributed by atoms with van der Waals surface area (Å²) < 4.78 is 11.7. The number of nitrogens with zero attached hydrogens (tertiary/aromatic N) is 4. The molecule has 0 saturated carbocycles. The molecule has 11 heteroatoms. The van der Waals surface area contributed by atoms with Crippen LogP contribution in [-0.2, 0) is 4.79 Å². The van der Waals surface area contributed by atoms with Crippen LogP contribution < -0.4 is 4.74 Å². The van der Waals surface area contributed by atoms with Crippen LogP contribution in [0.25, 0.3) is 17.4 Å². The highest BCUT2D eigenvalue weighted by Gasteiger charge is 2.36. The van der Waals surface area contributed by atoms with Crippen molar-refractivity contribution in [3.63, 3.8) is 0 Å². The summed E-state index contributed by atoms with van der Waals surface area (Å²) in [5, 5.41) is 26.2. The second kappa shape index (κ2) is 9.27. The van der Waals surface area contributed by atoms with E-state index in [1.54, 1.807) is 18.2 Å². The second-order valence-electron chi connectivity index (χ2n) is 8.03. The summed E-state index contributed by atoms with van der Waals surface area (Å²) in [5.41, 5.74) is 2.32. The Hall–Kier alpha value is -4.51. The highest BCUT2D eigenvalue weighted by molar-refractivity contribution is 8.27. The van der Waals surface area contributed by atoms with E-state index in [-0.39, 0.29) is 28.9 Å². The molecule has 0 bridgehead atoms. The van der Waals surface area contributed by atoms with Gasteiger partial charge in [0.05, 0.1) is 10.5 Å². The van der Waals surface area contributed by atoms with Crippen molar-refractivity contribution in [2.45, 2.75) is 13.8 Å². The van der Waals surface area contributed by atoms with Crippen LogP contribution in [0.15, 0.2) is 74.7 Å². The van der Waals surface area contributed by atoms with Gasteiger partial charge >= 0.3 is 0 Å². The van der Waals surface area contributed by atoms with Gasteiger partial charge in [0.25, 0.3) is 11.6 Å². The lowest BCUT2D eigenvalue weighted by molar-refractivity contribution is -0.384. The number of fused-ring (bicyclic) bond motifs is 1. The first kappa shape index (κ1) is 23.2. The number of aryl methyl sites for hydroxylation is 2. The number of nitro groups is 1. The number of hydrogen-bond acceptors (Lipinski definition) is 8. The summed E-state index contributed by atoms with van der Waals surface area (Å²) in [6.07, 6.45) is 1.42. The number of rotatable bonds is 6. The zero-order chi connectivity index (χ0) is 25.4. The maximum atomic E-state index is 12.7. The number of furan rings is 1. The lowest BCUT2D eigenvalue weighted by Gasteiger charge is -2.19. The molecule has 1 aromatic heterocycles. The molecular weight excluding hydrogens is 482 g/mol. The number of nitro benzene ring substituents is 1. The van der Waals surface area contributed by atoms with Crippen LogP contribution in [0.2, 0.25) is 0 Å². The number of carbonyl (C=O) groups excluding carboxylic acids is 1. The van der Waals surface area contributed by atoms with Gasteiger partial charge in [-0.15, -0.1) is 0 Å². The number of amidine groups is 2. The van der Waals surface area contributed by atoms with Crippen molar-refractivity contribution in [1.82, 2.24) is 5.01 Å². The zero-order valence-corrected chi connectivity index (χ0v) is 20.0.